The molecule has 1 amide bonds. The fourth-order valence-corrected chi connectivity index (χ4v) is 4.80. The normalized spacial score (nSPS) is 20.8. The first kappa shape index (κ1) is 17.7. The van der Waals surface area contributed by atoms with Gasteiger partial charge in [-0.25, -0.2) is 8.42 Å². The van der Waals surface area contributed by atoms with Gasteiger partial charge in [0.1, 0.15) is 0 Å². The van der Waals surface area contributed by atoms with Crippen molar-refractivity contribution in [2.24, 2.45) is 0 Å². The molecule has 0 spiro atoms. The van der Waals surface area contributed by atoms with Crippen molar-refractivity contribution >= 4 is 27.5 Å². The van der Waals surface area contributed by atoms with Gasteiger partial charge in [0.2, 0.25) is 11.8 Å². The number of hydrogen-bond acceptors (Lipinski definition) is 8. The van der Waals surface area contributed by atoms with Gasteiger partial charge in [0.05, 0.1) is 35.2 Å². The molecule has 0 aromatic carbocycles. The second-order valence-corrected chi connectivity index (χ2v) is 8.95. The van der Waals surface area contributed by atoms with Crippen LogP contribution in [-0.4, -0.2) is 59.8 Å². The van der Waals surface area contributed by atoms with E-state index in [-0.39, 0.29) is 35.0 Å². The first-order chi connectivity index (χ1) is 10.8. The minimum atomic E-state index is -3.01. The summed E-state index contributed by atoms with van der Waals surface area (Å²) in [4.78, 5) is 13.6. The van der Waals surface area contributed by atoms with Gasteiger partial charge in [0.25, 0.3) is 5.22 Å². The van der Waals surface area contributed by atoms with Gasteiger partial charge in [0, 0.05) is 13.6 Å². The number of sulfone groups is 1. The average molecular weight is 358 g/mol. The number of carbonyl (C=O) groups is 1. The first-order valence-corrected chi connectivity index (χ1v) is 9.85. The van der Waals surface area contributed by atoms with Crippen molar-refractivity contribution in [3.05, 3.63) is 5.89 Å². The van der Waals surface area contributed by atoms with E-state index in [1.165, 1.54) is 4.90 Å². The zero-order valence-electron chi connectivity index (χ0n) is 12.9. The Morgan fingerprint density at radius 2 is 2.30 bits per heavy atom. The minimum Gasteiger partial charge on any atom is -0.416 e. The van der Waals surface area contributed by atoms with Crippen LogP contribution in [0.2, 0.25) is 0 Å². The van der Waals surface area contributed by atoms with Crippen LogP contribution in [0.5, 0.6) is 0 Å². The predicted molar refractivity (Wildman–Crippen MR) is 83.5 cm³/mol. The molecule has 2 atom stereocenters. The highest BCUT2D eigenvalue weighted by atomic mass is 32.2. The van der Waals surface area contributed by atoms with Gasteiger partial charge in [-0.15, -0.1) is 10.2 Å². The Kier molecular flexibility index (Phi) is 5.64. The third kappa shape index (κ3) is 4.68. The minimum absolute atomic E-state index is 0.0324. The Bertz CT molecular complexity index is 710. The van der Waals surface area contributed by atoms with E-state index in [2.05, 4.69) is 10.2 Å². The van der Waals surface area contributed by atoms with E-state index < -0.39 is 15.1 Å². The number of nitrogens with zero attached hydrogens (tertiary/aromatic N) is 4. The molecule has 0 aliphatic carbocycles. The van der Waals surface area contributed by atoms with Crippen LogP contribution in [0.25, 0.3) is 0 Å². The second-order valence-electron chi connectivity index (χ2n) is 5.43. The molecule has 1 saturated heterocycles. The maximum absolute atomic E-state index is 12.1. The molecular weight excluding hydrogens is 340 g/mol. The smallest absolute Gasteiger partial charge is 0.277 e. The lowest BCUT2D eigenvalue weighted by Gasteiger charge is -2.18. The molecule has 1 aliphatic rings. The van der Waals surface area contributed by atoms with E-state index in [1.54, 1.807) is 14.0 Å². The third-order valence-electron chi connectivity index (χ3n) is 3.56. The molecule has 10 heteroatoms. The van der Waals surface area contributed by atoms with Gasteiger partial charge in [-0.2, -0.15) is 5.26 Å². The maximum Gasteiger partial charge on any atom is 0.277 e. The molecule has 1 aliphatic heterocycles. The van der Waals surface area contributed by atoms with Crippen molar-refractivity contribution < 1.29 is 17.6 Å². The highest BCUT2D eigenvalue weighted by Gasteiger charge is 2.33. The summed E-state index contributed by atoms with van der Waals surface area (Å²) in [6.07, 6.45) is 0.764. The van der Waals surface area contributed by atoms with Crippen molar-refractivity contribution in [1.29, 1.82) is 5.26 Å². The summed E-state index contributed by atoms with van der Waals surface area (Å²) in [5, 5.41) is 16.1. The lowest BCUT2D eigenvalue weighted by molar-refractivity contribution is -0.128. The molecule has 2 rings (SSSR count). The molecule has 2 heterocycles. The average Bonchev–Trinajstić information content (AvgIpc) is 3.10. The van der Waals surface area contributed by atoms with Gasteiger partial charge < -0.3 is 9.32 Å². The molecule has 0 saturated carbocycles. The number of thioether (sulfide) groups is 1. The molecule has 1 aromatic rings. The maximum atomic E-state index is 12.1. The number of hydrogen-bond donors (Lipinski definition) is 0. The molecule has 1 fully saturated rings. The van der Waals surface area contributed by atoms with E-state index in [9.17, 15) is 13.2 Å². The van der Waals surface area contributed by atoms with Crippen LogP contribution >= 0.6 is 11.8 Å². The van der Waals surface area contributed by atoms with E-state index in [1.807, 2.05) is 6.07 Å². The second kappa shape index (κ2) is 7.31. The fraction of sp³-hybridized carbons (Fsp3) is 0.692. The molecule has 0 bridgehead atoms. The molecule has 0 unspecified atom stereocenters. The molecule has 8 nitrogen and oxygen atoms in total. The van der Waals surface area contributed by atoms with Crippen LogP contribution < -0.4 is 0 Å². The summed E-state index contributed by atoms with van der Waals surface area (Å²) in [5.74, 6) is 0.0943. The van der Waals surface area contributed by atoms with E-state index >= 15 is 0 Å². The number of rotatable bonds is 6. The summed E-state index contributed by atoms with van der Waals surface area (Å²) in [6, 6.07) is 1.99. The highest BCUT2D eigenvalue weighted by Crippen LogP contribution is 2.31. The number of carbonyl (C=O) groups excluding carboxylic acids is 1. The summed E-state index contributed by atoms with van der Waals surface area (Å²) >= 11 is 1.13. The largest absolute Gasteiger partial charge is 0.416 e. The molecular formula is C13H18N4O4S2. The Morgan fingerprint density at radius 3 is 2.91 bits per heavy atom. The zero-order valence-corrected chi connectivity index (χ0v) is 14.6. The monoisotopic (exact) mass is 358 g/mol. The molecule has 23 heavy (non-hydrogen) atoms. The standard InChI is InChI=1S/C13H18N4O4S2/c1-9(12(18)17(2)6-3-5-14)22-13-16-15-11(21-13)10-4-7-23(19,20)8-10/h9-10H,3-4,6-8H2,1-2H3/t9-,10-/m0/s1. The van der Waals surface area contributed by atoms with Crippen molar-refractivity contribution in [3.8, 4) is 6.07 Å². The van der Waals surface area contributed by atoms with Crippen molar-refractivity contribution in [2.75, 3.05) is 25.1 Å². The van der Waals surface area contributed by atoms with Crippen LogP contribution in [0, 0.1) is 11.3 Å². The third-order valence-corrected chi connectivity index (χ3v) is 6.25. The van der Waals surface area contributed by atoms with E-state index in [0.717, 1.165) is 11.8 Å². The topological polar surface area (TPSA) is 117 Å². The van der Waals surface area contributed by atoms with Gasteiger partial charge >= 0.3 is 0 Å². The van der Waals surface area contributed by atoms with Gasteiger partial charge in [-0.1, -0.05) is 11.8 Å². The molecule has 1 aromatic heterocycles. The summed E-state index contributed by atoms with van der Waals surface area (Å²) in [7, 11) is -1.37. The Morgan fingerprint density at radius 1 is 1.57 bits per heavy atom. The van der Waals surface area contributed by atoms with Crippen molar-refractivity contribution in [2.45, 2.75) is 36.2 Å². The highest BCUT2D eigenvalue weighted by molar-refractivity contribution is 8.00. The molecule has 0 radical (unpaired) electrons. The summed E-state index contributed by atoms with van der Waals surface area (Å²) in [5.41, 5.74) is 0. The summed E-state index contributed by atoms with van der Waals surface area (Å²) in [6.45, 7) is 2.09. The predicted octanol–water partition coefficient (Wildman–Crippen LogP) is 0.824. The van der Waals surface area contributed by atoms with Crippen LogP contribution in [0.4, 0.5) is 0 Å². The van der Waals surface area contributed by atoms with Gasteiger partial charge in [-0.05, 0) is 13.3 Å². The van der Waals surface area contributed by atoms with Gasteiger partial charge in [-0.3, -0.25) is 4.79 Å². The van der Waals surface area contributed by atoms with Crippen LogP contribution in [0.3, 0.4) is 0 Å². The lowest BCUT2D eigenvalue weighted by atomic mass is 10.1. The Labute approximate surface area is 139 Å². The van der Waals surface area contributed by atoms with E-state index in [4.69, 9.17) is 9.68 Å². The number of nitriles is 1. The SMILES string of the molecule is C[C@H](Sc1nnc([C@H]2CCS(=O)(=O)C2)o1)C(=O)N(C)CCC#N. The van der Waals surface area contributed by atoms with Crippen molar-refractivity contribution in [1.82, 2.24) is 15.1 Å². The first-order valence-electron chi connectivity index (χ1n) is 7.15. The number of aromatic nitrogens is 2. The van der Waals surface area contributed by atoms with Crippen LogP contribution in [-0.2, 0) is 14.6 Å². The molecule has 126 valence electrons. The van der Waals surface area contributed by atoms with Gasteiger partial charge in [0.15, 0.2) is 9.84 Å². The Balaban J connectivity index is 1.94. The van der Waals surface area contributed by atoms with Crippen LogP contribution in [0.15, 0.2) is 9.64 Å². The lowest BCUT2D eigenvalue weighted by Crippen LogP contribution is -2.33. The Hall–Kier alpha value is -1.60. The van der Waals surface area contributed by atoms with Crippen LogP contribution in [0.1, 0.15) is 31.6 Å². The fourth-order valence-electron chi connectivity index (χ4n) is 2.26. The summed E-state index contributed by atoms with van der Waals surface area (Å²) < 4.78 is 28.5. The van der Waals surface area contributed by atoms with E-state index in [0.29, 0.717) is 18.9 Å². The zero-order chi connectivity index (χ0) is 17.0. The molecule has 0 N–H and O–H groups in total. The van der Waals surface area contributed by atoms with Crippen molar-refractivity contribution in [3.63, 3.8) is 0 Å². The number of amides is 1. The quantitative estimate of drug-likeness (QED) is 0.686.